The van der Waals surface area contributed by atoms with Crippen LogP contribution in [-0.4, -0.2) is 31.0 Å². The zero-order valence-corrected chi connectivity index (χ0v) is 27.4. The fourth-order valence-corrected chi connectivity index (χ4v) is 6.57. The van der Waals surface area contributed by atoms with Crippen LogP contribution < -0.4 is 14.2 Å². The maximum absolute atomic E-state index is 6.70. The molecular formula is C40H47NO4. The van der Waals surface area contributed by atoms with Crippen molar-refractivity contribution in [2.24, 2.45) is 0 Å². The van der Waals surface area contributed by atoms with E-state index in [-0.39, 0.29) is 6.10 Å². The van der Waals surface area contributed by atoms with Gasteiger partial charge in [-0.15, -0.1) is 0 Å². The van der Waals surface area contributed by atoms with Crippen molar-refractivity contribution in [3.63, 3.8) is 0 Å². The summed E-state index contributed by atoms with van der Waals surface area (Å²) in [6.07, 6.45) is 12.4. The lowest BCUT2D eigenvalue weighted by Gasteiger charge is -2.23. The molecule has 0 N–H and O–H groups in total. The number of benzene rings is 3. The van der Waals surface area contributed by atoms with Crippen LogP contribution >= 0.6 is 0 Å². The zero-order chi connectivity index (χ0) is 31.2. The number of aromatic nitrogens is 1. The van der Waals surface area contributed by atoms with E-state index in [1.807, 2.05) is 0 Å². The lowest BCUT2D eigenvalue weighted by Crippen LogP contribution is -2.13. The highest BCUT2D eigenvalue weighted by atomic mass is 16.5. The van der Waals surface area contributed by atoms with Gasteiger partial charge >= 0.3 is 0 Å². The van der Waals surface area contributed by atoms with Gasteiger partial charge in [0, 0.05) is 37.5 Å². The van der Waals surface area contributed by atoms with E-state index in [0.717, 1.165) is 78.8 Å². The molecule has 3 aromatic carbocycles. The molecule has 5 nitrogen and oxygen atoms in total. The van der Waals surface area contributed by atoms with Crippen LogP contribution in [0.15, 0.2) is 72.3 Å². The first kappa shape index (κ1) is 31.0. The van der Waals surface area contributed by atoms with Crippen molar-refractivity contribution in [1.29, 1.82) is 0 Å². The predicted octanol–water partition coefficient (Wildman–Crippen LogP) is 9.62. The second-order valence-corrected chi connectivity index (χ2v) is 12.1. The number of allylic oxidation sites excluding steroid dienone is 2. The van der Waals surface area contributed by atoms with Crippen LogP contribution in [0.5, 0.6) is 17.2 Å². The van der Waals surface area contributed by atoms with Crippen molar-refractivity contribution in [2.45, 2.75) is 78.7 Å². The molecule has 4 aromatic rings. The first-order chi connectivity index (χ1) is 22.2. The predicted molar refractivity (Wildman–Crippen MR) is 184 cm³/mol. The third-order valence-corrected chi connectivity index (χ3v) is 8.59. The smallest absolute Gasteiger partial charge is 0.132 e. The fraction of sp³-hybridized carbons (Fsp3) is 0.400. The van der Waals surface area contributed by atoms with Gasteiger partial charge in [-0.2, -0.15) is 0 Å². The molecule has 2 heterocycles. The molecule has 5 heteroatoms. The summed E-state index contributed by atoms with van der Waals surface area (Å²) < 4.78 is 28.7. The molecule has 0 spiro atoms. The number of para-hydroxylation sites is 2. The second-order valence-electron chi connectivity index (χ2n) is 12.1. The maximum atomic E-state index is 6.70. The number of ether oxygens (including phenoxy) is 4. The number of rotatable bonds is 12. The van der Waals surface area contributed by atoms with Gasteiger partial charge in [0.2, 0.25) is 0 Å². The summed E-state index contributed by atoms with van der Waals surface area (Å²) in [5.41, 5.74) is 9.37. The monoisotopic (exact) mass is 605 g/mol. The molecule has 236 valence electrons. The molecule has 0 fully saturated rings. The Morgan fingerprint density at radius 1 is 0.622 bits per heavy atom. The van der Waals surface area contributed by atoms with E-state index in [4.69, 9.17) is 18.9 Å². The first-order valence-electron chi connectivity index (χ1n) is 16.9. The Morgan fingerprint density at radius 2 is 1.16 bits per heavy atom. The molecule has 0 saturated carbocycles. The summed E-state index contributed by atoms with van der Waals surface area (Å²) in [4.78, 5) is 0. The van der Waals surface area contributed by atoms with Gasteiger partial charge in [0.05, 0.1) is 31.0 Å². The van der Waals surface area contributed by atoms with Gasteiger partial charge in [0.1, 0.15) is 23.4 Å². The number of fused-ring (bicyclic) bond motifs is 7. The highest BCUT2D eigenvalue weighted by molar-refractivity contribution is 5.91. The van der Waals surface area contributed by atoms with Crippen molar-refractivity contribution < 1.29 is 18.9 Å². The van der Waals surface area contributed by atoms with Crippen LogP contribution in [0.3, 0.4) is 0 Å². The summed E-state index contributed by atoms with van der Waals surface area (Å²) in [7, 11) is 0. The van der Waals surface area contributed by atoms with Gasteiger partial charge < -0.3 is 23.5 Å². The number of hydrogen-bond acceptors (Lipinski definition) is 4. The molecule has 1 atom stereocenters. The molecule has 8 bridgehead atoms. The first-order valence-corrected chi connectivity index (χ1v) is 16.9. The van der Waals surface area contributed by atoms with Gasteiger partial charge in [-0.25, -0.2) is 0 Å². The third kappa shape index (κ3) is 6.41. The van der Waals surface area contributed by atoms with E-state index in [1.165, 1.54) is 33.4 Å². The van der Waals surface area contributed by atoms with E-state index < -0.39 is 0 Å². The maximum Gasteiger partial charge on any atom is 0.132 e. The average Bonchev–Trinajstić information content (AvgIpc) is 3.32. The van der Waals surface area contributed by atoms with Gasteiger partial charge in [0.25, 0.3) is 0 Å². The number of hydrogen-bond donors (Lipinski definition) is 0. The van der Waals surface area contributed by atoms with Crippen LogP contribution in [0.25, 0.3) is 17.1 Å². The lowest BCUT2D eigenvalue weighted by molar-refractivity contribution is 0.0731. The normalized spacial score (nSPS) is 15.5. The Morgan fingerprint density at radius 3 is 1.73 bits per heavy atom. The molecule has 45 heavy (non-hydrogen) atoms. The molecule has 1 aliphatic carbocycles. The van der Waals surface area contributed by atoms with Crippen LogP contribution in [0.2, 0.25) is 0 Å². The van der Waals surface area contributed by atoms with E-state index in [0.29, 0.717) is 26.4 Å². The van der Waals surface area contributed by atoms with Gasteiger partial charge in [-0.3, -0.25) is 0 Å². The van der Waals surface area contributed by atoms with E-state index in [1.54, 1.807) is 0 Å². The molecule has 1 aliphatic heterocycles. The van der Waals surface area contributed by atoms with Crippen LogP contribution in [0, 0.1) is 0 Å². The lowest BCUT2D eigenvalue weighted by atomic mass is 9.92. The van der Waals surface area contributed by atoms with Gasteiger partial charge in [-0.05, 0) is 77.3 Å². The Hall–Kier alpha value is -3.96. The minimum Gasteiger partial charge on any atom is -0.493 e. The molecular weight excluding hydrogens is 558 g/mol. The summed E-state index contributed by atoms with van der Waals surface area (Å²) in [6.45, 7) is 11.4. The molecule has 1 aromatic heterocycles. The largest absolute Gasteiger partial charge is 0.493 e. The Labute approximate surface area is 268 Å². The topological polar surface area (TPSA) is 41.9 Å². The average molecular weight is 606 g/mol. The van der Waals surface area contributed by atoms with Crippen molar-refractivity contribution in [2.75, 3.05) is 26.4 Å². The number of nitrogens with zero attached hydrogens (tertiary/aromatic N) is 1. The van der Waals surface area contributed by atoms with Crippen LogP contribution in [-0.2, 0) is 24.0 Å². The standard InChI is InChI=1S/C40H47NO4/c1-5-20-42-37-28-12-9-14-30(37)25-32-16-11-19-41-35-18-17-33(26-31-15-10-13-29(24-28)38(31)43-21-6-2)39(44-22-7-3)34(35)27-36(41)40(32)45-23-8-4/h9-19,27,40H,5-8,20-26H2,1-4H3/t40-/m1/s1. The van der Waals surface area contributed by atoms with Crippen LogP contribution in [0.1, 0.15) is 93.0 Å². The Balaban J connectivity index is 1.61. The van der Waals surface area contributed by atoms with Crippen molar-refractivity contribution in [1.82, 2.24) is 4.57 Å². The van der Waals surface area contributed by atoms with E-state index in [2.05, 4.69) is 105 Å². The van der Waals surface area contributed by atoms with Gasteiger partial charge in [0.15, 0.2) is 0 Å². The Bertz CT molecular complexity index is 1690. The summed E-state index contributed by atoms with van der Waals surface area (Å²) >= 11 is 0. The third-order valence-electron chi connectivity index (χ3n) is 8.59. The summed E-state index contributed by atoms with van der Waals surface area (Å²) in [5, 5.41) is 1.13. The van der Waals surface area contributed by atoms with Crippen molar-refractivity contribution >= 4 is 17.1 Å². The fourth-order valence-electron chi connectivity index (χ4n) is 6.57. The SMILES string of the molecule is CCCOc1c2cccc1Cc1cccc(c1OCCC)Cc1ccc3c(cc4n3C=CC=C(C2)[C@H]4OCCC)c1OCCC. The highest BCUT2D eigenvalue weighted by Gasteiger charge is 2.28. The second kappa shape index (κ2) is 14.4. The highest BCUT2D eigenvalue weighted by Crippen LogP contribution is 2.42. The quantitative estimate of drug-likeness (QED) is 0.161. The molecule has 2 aliphatic rings. The van der Waals surface area contributed by atoms with Crippen molar-refractivity contribution in [3.8, 4) is 17.2 Å². The van der Waals surface area contributed by atoms with Crippen LogP contribution in [0.4, 0.5) is 0 Å². The molecule has 0 radical (unpaired) electrons. The van der Waals surface area contributed by atoms with Crippen molar-refractivity contribution in [3.05, 3.63) is 106 Å². The van der Waals surface area contributed by atoms with E-state index in [9.17, 15) is 0 Å². The molecule has 6 rings (SSSR count). The van der Waals surface area contributed by atoms with E-state index >= 15 is 0 Å². The summed E-state index contributed by atoms with van der Waals surface area (Å²) in [6, 6.07) is 20.0. The zero-order valence-electron chi connectivity index (χ0n) is 27.4. The molecule has 0 unspecified atom stereocenters. The minimum absolute atomic E-state index is 0.188. The van der Waals surface area contributed by atoms with Gasteiger partial charge in [-0.1, -0.05) is 76.2 Å². The minimum atomic E-state index is -0.188. The summed E-state index contributed by atoms with van der Waals surface area (Å²) in [5.74, 6) is 2.93. The molecule has 0 amide bonds. The Kier molecular flexibility index (Phi) is 9.95. The molecule has 0 saturated heterocycles.